The Morgan fingerprint density at radius 1 is 1.09 bits per heavy atom. The minimum Gasteiger partial charge on any atom is -0.487 e. The topological polar surface area (TPSA) is 22.1 Å². The van der Waals surface area contributed by atoms with E-state index in [9.17, 15) is 0 Å². The van der Waals surface area contributed by atoms with Gasteiger partial charge in [0.05, 0.1) is 5.52 Å². The van der Waals surface area contributed by atoms with E-state index in [0.29, 0.717) is 12.5 Å². The average Bonchev–Trinajstić information content (AvgIpc) is 2.53. The van der Waals surface area contributed by atoms with Crippen LogP contribution in [0.3, 0.4) is 0 Å². The van der Waals surface area contributed by atoms with Crippen molar-refractivity contribution in [3.63, 3.8) is 0 Å². The highest BCUT2D eigenvalue weighted by Gasteiger charge is 2.19. The molecular formula is C20H19NO. The van der Waals surface area contributed by atoms with Crippen molar-refractivity contribution in [2.75, 3.05) is 0 Å². The van der Waals surface area contributed by atoms with E-state index in [1.54, 1.807) is 0 Å². The van der Waals surface area contributed by atoms with Crippen molar-refractivity contribution in [2.24, 2.45) is 5.92 Å². The van der Waals surface area contributed by atoms with Crippen LogP contribution in [0.15, 0.2) is 48.5 Å². The average molecular weight is 289 g/mol. The number of nitrogens with zero attached hydrogens (tertiary/aromatic N) is 1. The molecule has 0 saturated heterocycles. The molecule has 0 saturated carbocycles. The monoisotopic (exact) mass is 289 g/mol. The van der Waals surface area contributed by atoms with Crippen molar-refractivity contribution >= 4 is 10.9 Å². The van der Waals surface area contributed by atoms with Crippen molar-refractivity contribution < 1.29 is 4.74 Å². The van der Waals surface area contributed by atoms with Crippen LogP contribution in [-0.2, 0) is 13.0 Å². The molecule has 0 atom stereocenters. The second-order valence-corrected chi connectivity index (χ2v) is 6.36. The Labute approximate surface area is 130 Å². The summed E-state index contributed by atoms with van der Waals surface area (Å²) in [5, 5.41) is 1.22. The van der Waals surface area contributed by atoms with Crippen molar-refractivity contribution in [1.82, 2.24) is 4.98 Å². The minimum atomic E-state index is 0.628. The molecule has 0 unspecified atom stereocenters. The molecule has 2 aromatic carbocycles. The molecule has 2 nitrogen and oxygen atoms in total. The van der Waals surface area contributed by atoms with Gasteiger partial charge in [0.15, 0.2) is 0 Å². The number of hydrogen-bond acceptors (Lipinski definition) is 2. The second kappa shape index (κ2) is 5.13. The summed E-state index contributed by atoms with van der Waals surface area (Å²) in [5.41, 5.74) is 5.78. The lowest BCUT2D eigenvalue weighted by atomic mass is 9.96. The van der Waals surface area contributed by atoms with Crippen LogP contribution in [0.1, 0.15) is 25.0 Å². The fourth-order valence-electron chi connectivity index (χ4n) is 3.19. The van der Waals surface area contributed by atoms with Gasteiger partial charge < -0.3 is 4.74 Å². The second-order valence-electron chi connectivity index (χ2n) is 6.36. The van der Waals surface area contributed by atoms with Crippen LogP contribution in [0.2, 0.25) is 0 Å². The third-order valence-electron chi connectivity index (χ3n) is 4.20. The van der Waals surface area contributed by atoms with Crippen LogP contribution in [-0.4, -0.2) is 4.98 Å². The quantitative estimate of drug-likeness (QED) is 0.663. The summed E-state index contributed by atoms with van der Waals surface area (Å²) in [5.74, 6) is 1.53. The molecule has 110 valence electrons. The first-order valence-corrected chi connectivity index (χ1v) is 7.86. The molecule has 0 amide bonds. The molecular weight excluding hydrogens is 270 g/mol. The summed E-state index contributed by atoms with van der Waals surface area (Å²) >= 11 is 0. The van der Waals surface area contributed by atoms with Gasteiger partial charge in [-0.15, -0.1) is 0 Å². The Hall–Kier alpha value is -2.35. The molecule has 1 aliphatic rings. The number of hydrogen-bond donors (Lipinski definition) is 0. The van der Waals surface area contributed by atoms with Gasteiger partial charge in [-0.2, -0.15) is 0 Å². The maximum atomic E-state index is 5.96. The first-order chi connectivity index (χ1) is 10.7. The Morgan fingerprint density at radius 2 is 1.95 bits per heavy atom. The third-order valence-corrected chi connectivity index (χ3v) is 4.20. The van der Waals surface area contributed by atoms with Gasteiger partial charge in [0.1, 0.15) is 18.1 Å². The molecule has 0 N–H and O–H groups in total. The van der Waals surface area contributed by atoms with Crippen molar-refractivity contribution in [2.45, 2.75) is 26.9 Å². The summed E-state index contributed by atoms with van der Waals surface area (Å²) in [6, 6.07) is 16.9. The van der Waals surface area contributed by atoms with Gasteiger partial charge in [0, 0.05) is 10.9 Å². The van der Waals surface area contributed by atoms with Gasteiger partial charge >= 0.3 is 0 Å². The summed E-state index contributed by atoms with van der Waals surface area (Å²) in [6.07, 6.45) is 1.06. The lowest BCUT2D eigenvalue weighted by Gasteiger charge is -2.21. The lowest BCUT2D eigenvalue weighted by molar-refractivity contribution is 0.301. The van der Waals surface area contributed by atoms with E-state index >= 15 is 0 Å². The van der Waals surface area contributed by atoms with Gasteiger partial charge in [-0.25, -0.2) is 4.98 Å². The standard InChI is InChI=1S/C20H19NO/c1-13(2)10-14-7-5-9-18-17(14)11-19-20(21-18)16-8-4-3-6-15(16)12-22-19/h3-9,11,13H,10,12H2,1-2H3. The molecule has 0 aliphatic carbocycles. The van der Waals surface area contributed by atoms with E-state index < -0.39 is 0 Å². The fourth-order valence-corrected chi connectivity index (χ4v) is 3.19. The molecule has 4 rings (SSSR count). The number of pyridine rings is 1. The number of fused-ring (bicyclic) bond motifs is 4. The van der Waals surface area contributed by atoms with E-state index in [4.69, 9.17) is 9.72 Å². The molecule has 3 aromatic rings. The molecule has 2 heterocycles. The number of rotatable bonds is 2. The molecule has 22 heavy (non-hydrogen) atoms. The lowest BCUT2D eigenvalue weighted by Crippen LogP contribution is -2.07. The van der Waals surface area contributed by atoms with Gasteiger partial charge in [0.2, 0.25) is 0 Å². The van der Waals surface area contributed by atoms with Crippen LogP contribution in [0.25, 0.3) is 22.2 Å². The summed E-state index contributed by atoms with van der Waals surface area (Å²) in [6.45, 7) is 5.12. The van der Waals surface area contributed by atoms with Crippen LogP contribution < -0.4 is 4.74 Å². The number of benzene rings is 2. The Kier molecular flexibility index (Phi) is 3.11. The van der Waals surface area contributed by atoms with E-state index in [2.05, 4.69) is 62.4 Å². The van der Waals surface area contributed by atoms with E-state index in [0.717, 1.165) is 23.4 Å². The highest BCUT2D eigenvalue weighted by atomic mass is 16.5. The predicted octanol–water partition coefficient (Wildman–Crippen LogP) is 4.99. The Morgan fingerprint density at radius 3 is 2.82 bits per heavy atom. The van der Waals surface area contributed by atoms with Gasteiger partial charge in [-0.3, -0.25) is 0 Å². The smallest absolute Gasteiger partial charge is 0.146 e. The first kappa shape index (κ1) is 13.3. The largest absolute Gasteiger partial charge is 0.487 e. The van der Waals surface area contributed by atoms with Crippen molar-refractivity contribution in [1.29, 1.82) is 0 Å². The van der Waals surface area contributed by atoms with E-state index in [-0.39, 0.29) is 0 Å². The fraction of sp³-hybridized carbons (Fsp3) is 0.250. The summed E-state index contributed by atoms with van der Waals surface area (Å²) < 4.78 is 5.96. The first-order valence-electron chi connectivity index (χ1n) is 7.86. The molecule has 1 aromatic heterocycles. The molecule has 2 heteroatoms. The number of ether oxygens (including phenoxy) is 1. The van der Waals surface area contributed by atoms with Crippen molar-refractivity contribution in [3.8, 4) is 17.0 Å². The Bertz CT molecular complexity index is 851. The molecule has 0 radical (unpaired) electrons. The normalized spacial score (nSPS) is 12.9. The Balaban J connectivity index is 1.93. The maximum Gasteiger partial charge on any atom is 0.146 e. The predicted molar refractivity (Wildman–Crippen MR) is 90.1 cm³/mol. The highest BCUT2D eigenvalue weighted by Crippen LogP contribution is 2.38. The van der Waals surface area contributed by atoms with Crippen molar-refractivity contribution in [3.05, 3.63) is 59.7 Å². The minimum absolute atomic E-state index is 0.628. The molecule has 1 aliphatic heterocycles. The third kappa shape index (κ3) is 2.16. The van der Waals surface area contributed by atoms with E-state index in [1.165, 1.54) is 22.1 Å². The zero-order chi connectivity index (χ0) is 15.1. The zero-order valence-corrected chi connectivity index (χ0v) is 13.0. The van der Waals surface area contributed by atoms with Crippen LogP contribution in [0.4, 0.5) is 0 Å². The zero-order valence-electron chi connectivity index (χ0n) is 13.0. The van der Waals surface area contributed by atoms with Gasteiger partial charge in [-0.1, -0.05) is 50.2 Å². The SMILES string of the molecule is CC(C)Cc1cccc2nc3c(cc12)OCc1ccccc1-3. The number of aromatic nitrogens is 1. The van der Waals surface area contributed by atoms with Crippen LogP contribution >= 0.6 is 0 Å². The van der Waals surface area contributed by atoms with Crippen LogP contribution in [0, 0.1) is 5.92 Å². The molecule has 0 spiro atoms. The summed E-state index contributed by atoms with van der Waals surface area (Å²) in [7, 11) is 0. The maximum absolute atomic E-state index is 5.96. The van der Waals surface area contributed by atoms with Gasteiger partial charge in [-0.05, 0) is 35.6 Å². The molecule has 0 fully saturated rings. The summed E-state index contributed by atoms with van der Waals surface area (Å²) in [4.78, 5) is 4.90. The van der Waals surface area contributed by atoms with Gasteiger partial charge in [0.25, 0.3) is 0 Å². The highest BCUT2D eigenvalue weighted by molar-refractivity contribution is 5.88. The van der Waals surface area contributed by atoms with E-state index in [1.807, 2.05) is 0 Å². The van der Waals surface area contributed by atoms with Crippen LogP contribution in [0.5, 0.6) is 5.75 Å². The molecule has 0 bridgehead atoms.